The summed E-state index contributed by atoms with van der Waals surface area (Å²) in [5.74, 6) is 2.58. The van der Waals surface area contributed by atoms with E-state index in [-0.39, 0.29) is 6.61 Å². The van der Waals surface area contributed by atoms with Crippen LogP contribution in [0, 0.1) is 4.77 Å². The Morgan fingerprint density at radius 1 is 0.938 bits per heavy atom. The number of para-hydroxylation sites is 1. The van der Waals surface area contributed by atoms with E-state index in [1.165, 1.54) is 4.68 Å². The number of rotatable bonds is 9. The molecule has 0 amide bonds. The van der Waals surface area contributed by atoms with E-state index in [9.17, 15) is 0 Å². The highest BCUT2D eigenvalue weighted by Crippen LogP contribution is 2.28. The number of hydrogen-bond acceptors (Lipinski definition) is 6. The van der Waals surface area contributed by atoms with Gasteiger partial charge in [-0.1, -0.05) is 48.5 Å². The van der Waals surface area contributed by atoms with E-state index in [1.54, 1.807) is 13.3 Å². The first kappa shape index (κ1) is 21.3. The standard InChI is InChI=1S/C24H22N4O3S/c1-29-21-13-12-19(14-22(21)31-16-18-8-4-2-5-9-18)15-25-28-23(26-27-24(28)32)17-30-20-10-6-3-7-11-20/h2-15H,16-17H2,1H3,(H,27,32). The maximum atomic E-state index is 5.97. The molecule has 4 aromatic rings. The largest absolute Gasteiger partial charge is 0.493 e. The van der Waals surface area contributed by atoms with Crippen LogP contribution in [0.15, 0.2) is 84.0 Å². The van der Waals surface area contributed by atoms with Gasteiger partial charge in [0, 0.05) is 0 Å². The minimum Gasteiger partial charge on any atom is -0.493 e. The van der Waals surface area contributed by atoms with Gasteiger partial charge in [0.15, 0.2) is 17.3 Å². The molecule has 0 aliphatic rings. The highest BCUT2D eigenvalue weighted by atomic mass is 32.1. The normalized spacial score (nSPS) is 10.9. The zero-order valence-electron chi connectivity index (χ0n) is 17.5. The van der Waals surface area contributed by atoms with Gasteiger partial charge in [0.1, 0.15) is 19.0 Å². The van der Waals surface area contributed by atoms with E-state index >= 15 is 0 Å². The SMILES string of the molecule is COc1ccc(C=Nn2c(COc3ccccc3)n[nH]c2=S)cc1OCc1ccccc1. The number of ether oxygens (including phenoxy) is 3. The van der Waals surface area contributed by atoms with Gasteiger partial charge in [-0.3, -0.25) is 0 Å². The Hall–Kier alpha value is -3.91. The Morgan fingerprint density at radius 3 is 2.44 bits per heavy atom. The first-order valence-corrected chi connectivity index (χ1v) is 10.4. The third kappa shape index (κ3) is 5.41. The molecule has 0 aliphatic heterocycles. The lowest BCUT2D eigenvalue weighted by atomic mass is 10.2. The Kier molecular flexibility index (Phi) is 6.94. The van der Waals surface area contributed by atoms with Crippen molar-refractivity contribution in [3.63, 3.8) is 0 Å². The van der Waals surface area contributed by atoms with Crippen molar-refractivity contribution in [2.75, 3.05) is 7.11 Å². The summed E-state index contributed by atoms with van der Waals surface area (Å²) < 4.78 is 19.1. The van der Waals surface area contributed by atoms with Gasteiger partial charge in [0.2, 0.25) is 4.77 Å². The Labute approximate surface area is 190 Å². The maximum absolute atomic E-state index is 5.97. The van der Waals surface area contributed by atoms with Crippen LogP contribution in [0.25, 0.3) is 0 Å². The van der Waals surface area contributed by atoms with Crippen molar-refractivity contribution in [1.29, 1.82) is 0 Å². The van der Waals surface area contributed by atoms with Gasteiger partial charge in [-0.05, 0) is 53.7 Å². The van der Waals surface area contributed by atoms with Gasteiger partial charge in [-0.25, -0.2) is 5.10 Å². The third-order valence-electron chi connectivity index (χ3n) is 4.58. The predicted octanol–water partition coefficient (Wildman–Crippen LogP) is 4.99. The minimum absolute atomic E-state index is 0.225. The van der Waals surface area contributed by atoms with Crippen LogP contribution in [0.5, 0.6) is 17.2 Å². The van der Waals surface area contributed by atoms with Crippen LogP contribution in [0.3, 0.4) is 0 Å². The fourth-order valence-electron chi connectivity index (χ4n) is 2.95. The minimum atomic E-state index is 0.225. The number of aromatic nitrogens is 3. The molecular weight excluding hydrogens is 424 g/mol. The molecule has 0 saturated carbocycles. The van der Waals surface area contributed by atoms with Crippen molar-refractivity contribution in [3.8, 4) is 17.2 Å². The van der Waals surface area contributed by atoms with Gasteiger partial charge in [0.05, 0.1) is 13.3 Å². The smallest absolute Gasteiger partial charge is 0.216 e. The molecule has 3 aromatic carbocycles. The molecule has 0 spiro atoms. The quantitative estimate of drug-likeness (QED) is 0.290. The molecule has 0 fully saturated rings. The van der Waals surface area contributed by atoms with E-state index in [0.717, 1.165) is 16.9 Å². The zero-order valence-corrected chi connectivity index (χ0v) is 18.3. The molecule has 7 nitrogen and oxygen atoms in total. The number of nitrogens with one attached hydrogen (secondary N) is 1. The van der Waals surface area contributed by atoms with Gasteiger partial charge in [0.25, 0.3) is 0 Å². The molecule has 0 saturated heterocycles. The lowest BCUT2D eigenvalue weighted by molar-refractivity contribution is 0.284. The first-order valence-electron chi connectivity index (χ1n) is 9.96. The van der Waals surface area contributed by atoms with Crippen molar-refractivity contribution in [2.45, 2.75) is 13.2 Å². The molecule has 162 valence electrons. The molecule has 0 unspecified atom stereocenters. The van der Waals surface area contributed by atoms with Crippen molar-refractivity contribution in [1.82, 2.24) is 14.9 Å². The Balaban J connectivity index is 1.49. The molecule has 0 aliphatic carbocycles. The van der Waals surface area contributed by atoms with Gasteiger partial charge in [-0.2, -0.15) is 14.9 Å². The summed E-state index contributed by atoms with van der Waals surface area (Å²) >= 11 is 5.31. The average molecular weight is 447 g/mol. The number of methoxy groups -OCH3 is 1. The summed E-state index contributed by atoms with van der Waals surface area (Å²) in [6.45, 7) is 0.661. The molecule has 0 radical (unpaired) electrons. The van der Waals surface area contributed by atoms with Crippen LogP contribution in [0.2, 0.25) is 0 Å². The molecule has 32 heavy (non-hydrogen) atoms. The second-order valence-electron chi connectivity index (χ2n) is 6.79. The second kappa shape index (κ2) is 10.4. The Bertz CT molecular complexity index is 1240. The number of hydrogen-bond donors (Lipinski definition) is 1. The van der Waals surface area contributed by atoms with E-state index < -0.39 is 0 Å². The molecular formula is C24H22N4O3S. The van der Waals surface area contributed by atoms with Gasteiger partial charge in [-0.15, -0.1) is 0 Å². The van der Waals surface area contributed by atoms with Crippen LogP contribution < -0.4 is 14.2 Å². The van der Waals surface area contributed by atoms with Crippen molar-refractivity contribution >= 4 is 18.4 Å². The summed E-state index contributed by atoms with van der Waals surface area (Å²) in [5, 5.41) is 11.4. The van der Waals surface area contributed by atoms with E-state index in [2.05, 4.69) is 15.3 Å². The van der Waals surface area contributed by atoms with Crippen molar-refractivity contribution in [3.05, 3.63) is 101 Å². The summed E-state index contributed by atoms with van der Waals surface area (Å²) in [4.78, 5) is 0. The first-order chi connectivity index (χ1) is 15.7. The molecule has 1 heterocycles. The van der Waals surface area contributed by atoms with E-state index in [0.29, 0.717) is 28.7 Å². The molecule has 0 bridgehead atoms. The summed E-state index contributed by atoms with van der Waals surface area (Å²) in [5.41, 5.74) is 1.90. The maximum Gasteiger partial charge on any atom is 0.216 e. The molecule has 4 rings (SSSR count). The molecule has 1 N–H and O–H groups in total. The van der Waals surface area contributed by atoms with Crippen LogP contribution in [-0.2, 0) is 13.2 Å². The van der Waals surface area contributed by atoms with Crippen LogP contribution in [0.1, 0.15) is 17.0 Å². The molecule has 8 heteroatoms. The molecule has 0 atom stereocenters. The number of nitrogens with zero attached hydrogens (tertiary/aromatic N) is 3. The van der Waals surface area contributed by atoms with Crippen molar-refractivity contribution in [2.24, 2.45) is 5.10 Å². The lowest BCUT2D eigenvalue weighted by Gasteiger charge is -2.11. The number of aromatic amines is 1. The molecule has 1 aromatic heterocycles. The van der Waals surface area contributed by atoms with Gasteiger partial charge >= 0.3 is 0 Å². The fraction of sp³-hybridized carbons (Fsp3) is 0.125. The predicted molar refractivity (Wildman–Crippen MR) is 125 cm³/mol. The fourth-order valence-corrected chi connectivity index (χ4v) is 3.15. The number of H-pyrrole nitrogens is 1. The third-order valence-corrected chi connectivity index (χ3v) is 4.84. The zero-order chi connectivity index (χ0) is 22.2. The van der Waals surface area contributed by atoms with E-state index in [1.807, 2.05) is 78.9 Å². The number of benzene rings is 3. The lowest BCUT2D eigenvalue weighted by Crippen LogP contribution is -2.04. The van der Waals surface area contributed by atoms with Gasteiger partial charge < -0.3 is 14.2 Å². The summed E-state index contributed by atoms with van der Waals surface area (Å²) in [6, 6.07) is 25.1. The Morgan fingerprint density at radius 2 is 1.69 bits per heavy atom. The average Bonchev–Trinajstić information content (AvgIpc) is 3.20. The highest BCUT2D eigenvalue weighted by Gasteiger charge is 2.08. The summed E-state index contributed by atoms with van der Waals surface area (Å²) in [6.07, 6.45) is 1.69. The van der Waals surface area contributed by atoms with E-state index in [4.69, 9.17) is 26.4 Å². The monoisotopic (exact) mass is 446 g/mol. The highest BCUT2D eigenvalue weighted by molar-refractivity contribution is 7.71. The van der Waals surface area contributed by atoms with Crippen LogP contribution in [0.4, 0.5) is 0 Å². The summed E-state index contributed by atoms with van der Waals surface area (Å²) in [7, 11) is 1.61. The van der Waals surface area contributed by atoms with Crippen molar-refractivity contribution < 1.29 is 14.2 Å². The van der Waals surface area contributed by atoms with Crippen LogP contribution in [-0.4, -0.2) is 28.2 Å². The van der Waals surface area contributed by atoms with Crippen LogP contribution >= 0.6 is 12.2 Å². The topological polar surface area (TPSA) is 73.7 Å². The second-order valence-corrected chi connectivity index (χ2v) is 7.17.